The minimum Gasteiger partial charge on any atom is -0.303 e. The van der Waals surface area contributed by atoms with Gasteiger partial charge in [0.25, 0.3) is 0 Å². The van der Waals surface area contributed by atoms with Crippen LogP contribution in [0.15, 0.2) is 0 Å². The van der Waals surface area contributed by atoms with E-state index in [9.17, 15) is 0 Å². The zero-order valence-electron chi connectivity index (χ0n) is 6.68. The Balaban J connectivity index is 2.45. The van der Waals surface area contributed by atoms with Crippen LogP contribution in [0.2, 0.25) is 0 Å². The first-order chi connectivity index (χ1) is 4.04. The number of rotatable bonds is 1. The lowest BCUT2D eigenvalue weighted by atomic mass is 9.86. The molecule has 1 aliphatic rings. The van der Waals surface area contributed by atoms with Gasteiger partial charge in [-0.25, -0.2) is 5.32 Å². The number of hydrogen-bond acceptors (Lipinski definition) is 1. The Labute approximate surface area is 57.2 Å². The zero-order chi connectivity index (χ0) is 7.07. The van der Waals surface area contributed by atoms with Crippen LogP contribution < -0.4 is 5.32 Å². The summed E-state index contributed by atoms with van der Waals surface area (Å²) in [7, 11) is 4.22. The summed E-state index contributed by atoms with van der Waals surface area (Å²) in [5.74, 6) is 0. The van der Waals surface area contributed by atoms with E-state index in [2.05, 4.69) is 38.2 Å². The van der Waals surface area contributed by atoms with Crippen LogP contribution >= 0.6 is 0 Å². The van der Waals surface area contributed by atoms with Crippen LogP contribution in [-0.2, 0) is 0 Å². The quantitative estimate of drug-likeness (QED) is 0.495. The fraction of sp³-hybridized carbons (Fsp3) is 1.00. The molecule has 53 valence electrons. The van der Waals surface area contributed by atoms with E-state index in [0.29, 0.717) is 6.04 Å². The maximum absolute atomic E-state index is 4.36. The Morgan fingerprint density at radius 2 is 2.00 bits per heavy atom. The van der Waals surface area contributed by atoms with Gasteiger partial charge >= 0.3 is 0 Å². The minimum absolute atomic E-state index is 0.212. The molecule has 1 saturated heterocycles. The molecule has 1 radical (unpaired) electrons. The molecule has 0 aromatic heterocycles. The van der Waals surface area contributed by atoms with E-state index < -0.39 is 0 Å². The van der Waals surface area contributed by atoms with E-state index in [0.717, 1.165) is 6.54 Å². The molecular formula is C7H15N2. The largest absolute Gasteiger partial charge is 0.303 e. The summed E-state index contributed by atoms with van der Waals surface area (Å²) < 4.78 is 0. The molecule has 1 fully saturated rings. The monoisotopic (exact) mass is 127 g/mol. The van der Waals surface area contributed by atoms with Crippen molar-refractivity contribution >= 4 is 0 Å². The Hall–Kier alpha value is -0.0800. The second-order valence-electron chi connectivity index (χ2n) is 3.47. The third kappa shape index (κ3) is 1.10. The second-order valence-corrected chi connectivity index (χ2v) is 3.47. The van der Waals surface area contributed by atoms with E-state index in [1.807, 2.05) is 0 Å². The lowest BCUT2D eigenvalue weighted by Crippen LogP contribution is -2.65. The number of nitrogens with zero attached hydrogens (tertiary/aromatic N) is 2. The topological polar surface area (TPSA) is 17.3 Å². The lowest BCUT2D eigenvalue weighted by molar-refractivity contribution is 0.0792. The van der Waals surface area contributed by atoms with Gasteiger partial charge in [-0.1, -0.05) is 0 Å². The van der Waals surface area contributed by atoms with Gasteiger partial charge in [-0.2, -0.15) is 0 Å². The van der Waals surface area contributed by atoms with Gasteiger partial charge in [-0.15, -0.1) is 0 Å². The van der Waals surface area contributed by atoms with E-state index in [4.69, 9.17) is 0 Å². The highest BCUT2D eigenvalue weighted by molar-refractivity contribution is 5.01. The number of likely N-dealkylation sites (N-methyl/N-ethyl adjacent to an activating group) is 1. The predicted octanol–water partition coefficient (Wildman–Crippen LogP) is 0.313. The molecular weight excluding hydrogens is 112 g/mol. The summed E-state index contributed by atoms with van der Waals surface area (Å²) in [5, 5.41) is 4.36. The normalized spacial score (nSPS) is 32.3. The standard InChI is InChI=1S/C7H15N2/c1-7(2)6(5-8-7)9(3)4/h6H,5H2,1-4H3. The van der Waals surface area contributed by atoms with Gasteiger partial charge in [0.05, 0.1) is 0 Å². The summed E-state index contributed by atoms with van der Waals surface area (Å²) in [6, 6.07) is 0.664. The highest BCUT2D eigenvalue weighted by atomic mass is 15.2. The van der Waals surface area contributed by atoms with Crippen LogP contribution in [0.5, 0.6) is 0 Å². The molecule has 1 heterocycles. The molecule has 0 aromatic rings. The van der Waals surface area contributed by atoms with Crippen molar-refractivity contribution in [2.75, 3.05) is 20.6 Å². The van der Waals surface area contributed by atoms with Gasteiger partial charge < -0.3 is 4.90 Å². The van der Waals surface area contributed by atoms with Crippen LogP contribution in [0.3, 0.4) is 0 Å². The summed E-state index contributed by atoms with van der Waals surface area (Å²) in [6.07, 6.45) is 0. The highest BCUT2D eigenvalue weighted by Crippen LogP contribution is 2.23. The first kappa shape index (κ1) is 7.03. The van der Waals surface area contributed by atoms with Crippen molar-refractivity contribution in [2.24, 2.45) is 0 Å². The Bertz CT molecular complexity index is 107. The molecule has 0 bridgehead atoms. The molecule has 0 saturated carbocycles. The maximum Gasteiger partial charge on any atom is 0.0469 e. The highest BCUT2D eigenvalue weighted by Gasteiger charge is 2.40. The molecule has 1 atom stereocenters. The van der Waals surface area contributed by atoms with Crippen molar-refractivity contribution in [3.8, 4) is 0 Å². The SMILES string of the molecule is CN(C)C1C[N]C1(C)C. The van der Waals surface area contributed by atoms with Crippen LogP contribution in [0.4, 0.5) is 0 Å². The number of hydrogen-bond donors (Lipinski definition) is 0. The van der Waals surface area contributed by atoms with Gasteiger partial charge in [-0.3, -0.25) is 0 Å². The van der Waals surface area contributed by atoms with Gasteiger partial charge in [0.15, 0.2) is 0 Å². The van der Waals surface area contributed by atoms with Gasteiger partial charge in [0.2, 0.25) is 0 Å². The summed E-state index contributed by atoms with van der Waals surface area (Å²) in [5.41, 5.74) is 0.212. The summed E-state index contributed by atoms with van der Waals surface area (Å²) in [6.45, 7) is 5.38. The molecule has 0 aromatic carbocycles. The van der Waals surface area contributed by atoms with Crippen molar-refractivity contribution < 1.29 is 0 Å². The maximum atomic E-state index is 4.36. The molecule has 0 spiro atoms. The smallest absolute Gasteiger partial charge is 0.0469 e. The molecule has 0 N–H and O–H groups in total. The van der Waals surface area contributed by atoms with Gasteiger partial charge in [-0.05, 0) is 27.9 Å². The van der Waals surface area contributed by atoms with Gasteiger partial charge in [0.1, 0.15) is 0 Å². The molecule has 2 heteroatoms. The van der Waals surface area contributed by atoms with Crippen molar-refractivity contribution in [1.82, 2.24) is 10.2 Å². The Kier molecular flexibility index (Phi) is 1.53. The van der Waals surface area contributed by atoms with Crippen molar-refractivity contribution in [3.63, 3.8) is 0 Å². The molecule has 1 unspecified atom stereocenters. The molecule has 0 amide bonds. The predicted molar refractivity (Wildman–Crippen MR) is 38.6 cm³/mol. The van der Waals surface area contributed by atoms with Crippen molar-refractivity contribution in [2.45, 2.75) is 25.4 Å². The first-order valence-electron chi connectivity index (χ1n) is 3.39. The van der Waals surface area contributed by atoms with E-state index in [-0.39, 0.29) is 5.54 Å². The lowest BCUT2D eigenvalue weighted by Gasteiger charge is -2.47. The van der Waals surface area contributed by atoms with E-state index >= 15 is 0 Å². The fourth-order valence-corrected chi connectivity index (χ4v) is 1.33. The van der Waals surface area contributed by atoms with Crippen LogP contribution in [0.1, 0.15) is 13.8 Å². The minimum atomic E-state index is 0.212. The van der Waals surface area contributed by atoms with Crippen molar-refractivity contribution in [3.05, 3.63) is 0 Å². The molecule has 0 aliphatic carbocycles. The van der Waals surface area contributed by atoms with Crippen LogP contribution in [0, 0.1) is 0 Å². The first-order valence-corrected chi connectivity index (χ1v) is 3.39. The summed E-state index contributed by atoms with van der Waals surface area (Å²) >= 11 is 0. The second kappa shape index (κ2) is 1.96. The van der Waals surface area contributed by atoms with Crippen molar-refractivity contribution in [1.29, 1.82) is 0 Å². The Morgan fingerprint density at radius 3 is 2.00 bits per heavy atom. The third-order valence-corrected chi connectivity index (χ3v) is 2.11. The average Bonchev–Trinajstić information content (AvgIpc) is 1.62. The average molecular weight is 127 g/mol. The Morgan fingerprint density at radius 1 is 1.44 bits per heavy atom. The van der Waals surface area contributed by atoms with Crippen LogP contribution in [0.25, 0.3) is 0 Å². The zero-order valence-corrected chi connectivity index (χ0v) is 6.68. The summed E-state index contributed by atoms with van der Waals surface area (Å²) in [4.78, 5) is 2.24. The third-order valence-electron chi connectivity index (χ3n) is 2.11. The fourth-order valence-electron chi connectivity index (χ4n) is 1.33. The molecule has 2 nitrogen and oxygen atoms in total. The van der Waals surface area contributed by atoms with Gasteiger partial charge in [0, 0.05) is 18.1 Å². The molecule has 1 rings (SSSR count). The van der Waals surface area contributed by atoms with E-state index in [1.165, 1.54) is 0 Å². The van der Waals surface area contributed by atoms with Crippen LogP contribution in [-0.4, -0.2) is 37.1 Å². The van der Waals surface area contributed by atoms with E-state index in [1.54, 1.807) is 0 Å². The molecule has 9 heavy (non-hydrogen) atoms. The molecule has 1 aliphatic heterocycles.